The molecule has 0 aromatic heterocycles. The van der Waals surface area contributed by atoms with Crippen LogP contribution in [0.4, 0.5) is 0 Å². The van der Waals surface area contributed by atoms with Gasteiger partial charge in [-0.2, -0.15) is 0 Å². The van der Waals surface area contributed by atoms with E-state index in [-0.39, 0.29) is 5.37 Å². The van der Waals surface area contributed by atoms with Gasteiger partial charge in [0.1, 0.15) is 6.04 Å². The Morgan fingerprint density at radius 3 is 2.70 bits per heavy atom. The van der Waals surface area contributed by atoms with Crippen LogP contribution in [0.25, 0.3) is 0 Å². The predicted molar refractivity (Wildman–Crippen MR) is 78.5 cm³/mol. The second kappa shape index (κ2) is 7.40. The molecule has 1 aliphatic heterocycles. The van der Waals surface area contributed by atoms with E-state index in [9.17, 15) is 4.79 Å². The highest BCUT2D eigenvalue weighted by Crippen LogP contribution is 2.27. The van der Waals surface area contributed by atoms with E-state index in [0.717, 1.165) is 17.9 Å². The second-order valence-electron chi connectivity index (χ2n) is 4.40. The average molecular weight is 297 g/mol. The molecule has 0 aliphatic carbocycles. The summed E-state index contributed by atoms with van der Waals surface area (Å²) >= 11 is 1.63. The maximum absolute atomic E-state index is 10.8. The highest BCUT2D eigenvalue weighted by Gasteiger charge is 2.29. The van der Waals surface area contributed by atoms with E-state index in [2.05, 4.69) is 5.32 Å². The van der Waals surface area contributed by atoms with Crippen molar-refractivity contribution in [2.24, 2.45) is 0 Å². The molecule has 1 fully saturated rings. The highest BCUT2D eigenvalue weighted by molar-refractivity contribution is 8.00. The SMILES string of the molecule is CCOc1ccccc1OCCC1NC(C(=O)O)CS1. The zero-order valence-corrected chi connectivity index (χ0v) is 12.2. The zero-order valence-electron chi connectivity index (χ0n) is 11.4. The average Bonchev–Trinajstić information content (AvgIpc) is 2.90. The molecule has 20 heavy (non-hydrogen) atoms. The molecule has 6 heteroatoms. The fourth-order valence-electron chi connectivity index (χ4n) is 1.96. The Morgan fingerprint density at radius 2 is 2.10 bits per heavy atom. The van der Waals surface area contributed by atoms with Crippen molar-refractivity contribution in [2.75, 3.05) is 19.0 Å². The summed E-state index contributed by atoms with van der Waals surface area (Å²) in [5, 5.41) is 12.1. The number of rotatable bonds is 7. The number of nitrogens with one attached hydrogen (secondary N) is 1. The number of aliphatic carboxylic acids is 1. The van der Waals surface area contributed by atoms with Gasteiger partial charge in [-0.1, -0.05) is 12.1 Å². The van der Waals surface area contributed by atoms with E-state index in [4.69, 9.17) is 14.6 Å². The molecular weight excluding hydrogens is 278 g/mol. The number of carboxylic acid groups (broad SMARTS) is 1. The van der Waals surface area contributed by atoms with Gasteiger partial charge in [0.25, 0.3) is 0 Å². The van der Waals surface area contributed by atoms with Crippen molar-refractivity contribution >= 4 is 17.7 Å². The number of ether oxygens (including phenoxy) is 2. The molecule has 1 heterocycles. The number of hydrogen-bond donors (Lipinski definition) is 2. The minimum atomic E-state index is -0.789. The first-order valence-corrected chi connectivity index (χ1v) is 7.70. The molecule has 1 aromatic rings. The van der Waals surface area contributed by atoms with E-state index in [0.29, 0.717) is 19.0 Å². The first-order chi connectivity index (χ1) is 9.70. The molecule has 0 saturated carbocycles. The van der Waals surface area contributed by atoms with Gasteiger partial charge in [0.2, 0.25) is 0 Å². The lowest BCUT2D eigenvalue weighted by Crippen LogP contribution is -2.37. The topological polar surface area (TPSA) is 67.8 Å². The van der Waals surface area contributed by atoms with Crippen LogP contribution in [0.5, 0.6) is 11.5 Å². The molecule has 1 aliphatic rings. The normalized spacial score (nSPS) is 21.6. The molecule has 2 unspecified atom stereocenters. The van der Waals surface area contributed by atoms with Gasteiger partial charge in [-0.3, -0.25) is 10.1 Å². The molecule has 2 atom stereocenters. The van der Waals surface area contributed by atoms with Crippen molar-refractivity contribution in [3.63, 3.8) is 0 Å². The van der Waals surface area contributed by atoms with Crippen molar-refractivity contribution in [3.05, 3.63) is 24.3 Å². The summed E-state index contributed by atoms with van der Waals surface area (Å²) in [7, 11) is 0. The Hall–Kier alpha value is -1.40. The van der Waals surface area contributed by atoms with Gasteiger partial charge in [-0.25, -0.2) is 0 Å². The quantitative estimate of drug-likeness (QED) is 0.802. The van der Waals surface area contributed by atoms with Crippen molar-refractivity contribution < 1.29 is 19.4 Å². The smallest absolute Gasteiger partial charge is 0.321 e. The fraction of sp³-hybridized carbons (Fsp3) is 0.500. The van der Waals surface area contributed by atoms with Crippen LogP contribution in [0.2, 0.25) is 0 Å². The third-order valence-corrected chi connectivity index (χ3v) is 4.24. The maximum Gasteiger partial charge on any atom is 0.321 e. The van der Waals surface area contributed by atoms with Gasteiger partial charge in [-0.15, -0.1) is 11.8 Å². The number of thioether (sulfide) groups is 1. The standard InChI is InChI=1S/C14H19NO4S/c1-2-18-11-5-3-4-6-12(11)19-8-7-13-15-10(9-20-13)14(16)17/h3-6,10,13,15H,2,7-9H2,1H3,(H,16,17). The third kappa shape index (κ3) is 4.05. The summed E-state index contributed by atoms with van der Waals surface area (Å²) in [5.74, 6) is 1.29. The Kier molecular flexibility index (Phi) is 5.55. The summed E-state index contributed by atoms with van der Waals surface area (Å²) in [4.78, 5) is 10.8. The van der Waals surface area contributed by atoms with Crippen molar-refractivity contribution in [3.8, 4) is 11.5 Å². The van der Waals surface area contributed by atoms with Gasteiger partial charge in [0.15, 0.2) is 11.5 Å². The van der Waals surface area contributed by atoms with E-state index in [1.165, 1.54) is 0 Å². The van der Waals surface area contributed by atoms with Gasteiger partial charge in [0, 0.05) is 12.2 Å². The minimum Gasteiger partial charge on any atom is -0.490 e. The summed E-state index contributed by atoms with van der Waals surface area (Å²) in [6.45, 7) is 3.06. The maximum atomic E-state index is 10.8. The van der Waals surface area contributed by atoms with Crippen molar-refractivity contribution in [1.29, 1.82) is 0 Å². The zero-order chi connectivity index (χ0) is 14.4. The van der Waals surface area contributed by atoms with Crippen LogP contribution in [0.3, 0.4) is 0 Å². The van der Waals surface area contributed by atoms with Gasteiger partial charge in [0.05, 0.1) is 18.6 Å². The number of benzene rings is 1. The second-order valence-corrected chi connectivity index (χ2v) is 5.63. The van der Waals surface area contributed by atoms with Crippen LogP contribution in [-0.2, 0) is 4.79 Å². The number of hydrogen-bond acceptors (Lipinski definition) is 5. The lowest BCUT2D eigenvalue weighted by Gasteiger charge is -2.14. The van der Waals surface area contributed by atoms with E-state index < -0.39 is 12.0 Å². The Morgan fingerprint density at radius 1 is 1.40 bits per heavy atom. The van der Waals surface area contributed by atoms with Crippen LogP contribution in [0, 0.1) is 0 Å². The predicted octanol–water partition coefficient (Wildman–Crippen LogP) is 1.97. The molecule has 0 amide bonds. The van der Waals surface area contributed by atoms with Crippen LogP contribution < -0.4 is 14.8 Å². The Balaban J connectivity index is 1.78. The molecule has 0 spiro atoms. The molecule has 2 N–H and O–H groups in total. The monoisotopic (exact) mass is 297 g/mol. The summed E-state index contributed by atoms with van der Waals surface area (Å²) < 4.78 is 11.2. The molecule has 1 aromatic carbocycles. The Labute approximate surface area is 122 Å². The lowest BCUT2D eigenvalue weighted by atomic mass is 10.3. The minimum absolute atomic E-state index is 0.135. The first-order valence-electron chi connectivity index (χ1n) is 6.65. The molecule has 110 valence electrons. The van der Waals surface area contributed by atoms with Crippen molar-refractivity contribution in [1.82, 2.24) is 5.32 Å². The summed E-state index contributed by atoms with van der Waals surface area (Å²) in [6.07, 6.45) is 0.759. The number of para-hydroxylation sites is 2. The first kappa shape index (κ1) is 15.0. The lowest BCUT2D eigenvalue weighted by molar-refractivity contribution is -0.138. The number of carbonyl (C=O) groups is 1. The van der Waals surface area contributed by atoms with Crippen LogP contribution in [-0.4, -0.2) is 41.5 Å². The fourth-order valence-corrected chi connectivity index (χ4v) is 3.15. The van der Waals surface area contributed by atoms with Crippen LogP contribution >= 0.6 is 11.8 Å². The molecule has 5 nitrogen and oxygen atoms in total. The van der Waals surface area contributed by atoms with Gasteiger partial charge < -0.3 is 14.6 Å². The van der Waals surface area contributed by atoms with Crippen LogP contribution in [0.1, 0.15) is 13.3 Å². The summed E-state index contributed by atoms with van der Waals surface area (Å²) in [5.41, 5.74) is 0. The van der Waals surface area contributed by atoms with Crippen molar-refractivity contribution in [2.45, 2.75) is 24.8 Å². The number of carboxylic acids is 1. The van der Waals surface area contributed by atoms with E-state index in [1.54, 1.807) is 11.8 Å². The van der Waals surface area contributed by atoms with E-state index in [1.807, 2.05) is 31.2 Å². The van der Waals surface area contributed by atoms with E-state index >= 15 is 0 Å². The van der Waals surface area contributed by atoms with Gasteiger partial charge in [-0.05, 0) is 19.1 Å². The molecule has 0 bridgehead atoms. The molecule has 1 saturated heterocycles. The Bertz CT molecular complexity index is 455. The molecular formula is C14H19NO4S. The molecule has 0 radical (unpaired) electrons. The molecule has 2 rings (SSSR count). The van der Waals surface area contributed by atoms with Crippen LogP contribution in [0.15, 0.2) is 24.3 Å². The largest absolute Gasteiger partial charge is 0.490 e. The third-order valence-electron chi connectivity index (χ3n) is 2.94. The highest BCUT2D eigenvalue weighted by atomic mass is 32.2. The summed E-state index contributed by atoms with van der Waals surface area (Å²) in [6, 6.07) is 7.12. The van der Waals surface area contributed by atoms with Gasteiger partial charge >= 0.3 is 5.97 Å².